The Labute approximate surface area is 185 Å². The van der Waals surface area contributed by atoms with Gasteiger partial charge in [0.2, 0.25) is 0 Å². The van der Waals surface area contributed by atoms with Gasteiger partial charge < -0.3 is 25.0 Å². The number of carboxylic acid groups (broad SMARTS) is 1. The van der Waals surface area contributed by atoms with Crippen LogP contribution in [0.1, 0.15) is 45.7 Å². The zero-order valence-corrected chi connectivity index (χ0v) is 18.5. The number of rotatable bonds is 5. The molecular weight excluding hydrogens is 422 g/mol. The van der Waals surface area contributed by atoms with Crippen LogP contribution in [0.25, 0.3) is 0 Å². The summed E-state index contributed by atoms with van der Waals surface area (Å²) in [5.41, 5.74) is 2.85. The molecule has 0 spiro atoms. The molecule has 1 aromatic carbocycles. The smallest absolute Gasteiger partial charge is 0.407 e. The maximum atomic E-state index is 12.8. The second kappa shape index (κ2) is 9.43. The molecule has 31 heavy (non-hydrogen) atoms. The minimum Gasteiger partial charge on any atom is -0.490 e. The number of aryl methyl sites for hydroxylation is 2. The van der Waals surface area contributed by atoms with Gasteiger partial charge in [-0.05, 0) is 32.9 Å². The molecule has 2 heterocycles. The van der Waals surface area contributed by atoms with Gasteiger partial charge in [-0.2, -0.15) is 0 Å². The predicted octanol–water partition coefficient (Wildman–Crippen LogP) is 3.40. The van der Waals surface area contributed by atoms with E-state index in [0.29, 0.717) is 59.1 Å². The number of halogens is 1. The highest BCUT2D eigenvalue weighted by atomic mass is 35.5. The molecular formula is C22H26ClN3O5. The number of aromatic nitrogens is 1. The van der Waals surface area contributed by atoms with E-state index in [1.807, 2.05) is 0 Å². The van der Waals surface area contributed by atoms with Crippen molar-refractivity contribution in [2.75, 3.05) is 13.1 Å². The van der Waals surface area contributed by atoms with Crippen LogP contribution in [-0.2, 0) is 6.54 Å². The van der Waals surface area contributed by atoms with Crippen molar-refractivity contribution < 1.29 is 19.4 Å². The molecule has 2 amide bonds. The summed E-state index contributed by atoms with van der Waals surface area (Å²) < 4.78 is 6.06. The van der Waals surface area contributed by atoms with Gasteiger partial charge in [-0.3, -0.25) is 9.59 Å². The molecule has 0 atom stereocenters. The number of carbonyl (C=O) groups is 2. The van der Waals surface area contributed by atoms with Crippen LogP contribution in [0.4, 0.5) is 4.79 Å². The number of pyridine rings is 1. The summed E-state index contributed by atoms with van der Waals surface area (Å²) in [5.74, 6) is 0.140. The zero-order valence-electron chi connectivity index (χ0n) is 17.8. The number of carbonyl (C=O) groups excluding carboxylic acids is 1. The van der Waals surface area contributed by atoms with Crippen LogP contribution < -0.4 is 15.5 Å². The van der Waals surface area contributed by atoms with E-state index in [-0.39, 0.29) is 24.0 Å². The SMILES string of the molecule is Cc1cc(=O)c(CNC(=O)c2cc(Cl)cc(OC3CCN(C(=O)O)CC3)c2C)c(C)[nH]1. The first-order valence-electron chi connectivity index (χ1n) is 10.1. The number of nitrogens with one attached hydrogen (secondary N) is 2. The van der Waals surface area contributed by atoms with Crippen molar-refractivity contribution in [2.45, 2.75) is 46.3 Å². The Morgan fingerprint density at radius 3 is 2.52 bits per heavy atom. The highest BCUT2D eigenvalue weighted by Gasteiger charge is 2.25. The molecule has 1 aliphatic rings. The molecule has 166 valence electrons. The van der Waals surface area contributed by atoms with E-state index in [1.165, 1.54) is 11.0 Å². The number of H-pyrrole nitrogens is 1. The molecule has 0 radical (unpaired) electrons. The molecule has 0 bridgehead atoms. The molecule has 0 saturated carbocycles. The van der Waals surface area contributed by atoms with Gasteiger partial charge in [0.05, 0.1) is 0 Å². The lowest BCUT2D eigenvalue weighted by molar-refractivity contribution is 0.0881. The summed E-state index contributed by atoms with van der Waals surface area (Å²) in [6, 6.07) is 4.73. The van der Waals surface area contributed by atoms with Crippen LogP contribution in [0.5, 0.6) is 5.75 Å². The number of hydrogen-bond donors (Lipinski definition) is 3. The van der Waals surface area contributed by atoms with Crippen LogP contribution >= 0.6 is 11.6 Å². The summed E-state index contributed by atoms with van der Waals surface area (Å²) in [5, 5.41) is 12.2. The normalized spacial score (nSPS) is 14.4. The molecule has 1 aliphatic heterocycles. The first-order valence-corrected chi connectivity index (χ1v) is 10.5. The van der Waals surface area contributed by atoms with Crippen molar-refractivity contribution in [3.63, 3.8) is 0 Å². The number of nitrogens with zero attached hydrogens (tertiary/aromatic N) is 1. The van der Waals surface area contributed by atoms with Crippen LogP contribution in [0, 0.1) is 20.8 Å². The van der Waals surface area contributed by atoms with Crippen LogP contribution in [0.15, 0.2) is 23.0 Å². The van der Waals surface area contributed by atoms with E-state index in [9.17, 15) is 14.4 Å². The van der Waals surface area contributed by atoms with Gasteiger partial charge in [0.25, 0.3) is 5.91 Å². The minimum absolute atomic E-state index is 0.0933. The highest BCUT2D eigenvalue weighted by molar-refractivity contribution is 6.31. The number of ether oxygens (including phenoxy) is 1. The van der Waals surface area contributed by atoms with Gasteiger partial charge in [0, 0.05) is 71.6 Å². The number of likely N-dealkylation sites (tertiary alicyclic amines) is 1. The third-order valence-electron chi connectivity index (χ3n) is 5.48. The molecule has 1 aromatic heterocycles. The average molecular weight is 448 g/mol. The largest absolute Gasteiger partial charge is 0.490 e. The Morgan fingerprint density at radius 1 is 1.23 bits per heavy atom. The Hall–Kier alpha value is -3.00. The monoisotopic (exact) mass is 447 g/mol. The molecule has 1 fully saturated rings. The summed E-state index contributed by atoms with van der Waals surface area (Å²) in [4.78, 5) is 40.6. The fraction of sp³-hybridized carbons (Fsp3) is 0.409. The van der Waals surface area contributed by atoms with Gasteiger partial charge in [-0.1, -0.05) is 11.6 Å². The number of piperidine rings is 1. The van der Waals surface area contributed by atoms with Crippen LogP contribution in [0.3, 0.4) is 0 Å². The second-order valence-electron chi connectivity index (χ2n) is 7.77. The molecule has 0 aliphatic carbocycles. The van der Waals surface area contributed by atoms with Crippen molar-refractivity contribution in [1.29, 1.82) is 0 Å². The second-order valence-corrected chi connectivity index (χ2v) is 8.20. The summed E-state index contributed by atoms with van der Waals surface area (Å²) in [6.45, 7) is 6.27. The van der Waals surface area contributed by atoms with E-state index in [2.05, 4.69) is 10.3 Å². The number of aromatic amines is 1. The maximum Gasteiger partial charge on any atom is 0.407 e. The van der Waals surface area contributed by atoms with Crippen molar-refractivity contribution in [3.8, 4) is 5.75 Å². The lowest BCUT2D eigenvalue weighted by Gasteiger charge is -2.30. The standard InChI is InChI=1S/C22H26ClN3O5/c1-12-8-19(27)18(14(3)25-12)11-24-21(28)17-9-15(23)10-20(13(17)2)31-16-4-6-26(7-5-16)22(29)30/h8-10,16H,4-7,11H2,1-3H3,(H,24,28)(H,25,27)(H,29,30). The summed E-state index contributed by atoms with van der Waals surface area (Å²) in [7, 11) is 0. The Morgan fingerprint density at radius 2 is 1.90 bits per heavy atom. The number of hydrogen-bond acceptors (Lipinski definition) is 4. The van der Waals surface area contributed by atoms with Gasteiger partial charge in [-0.25, -0.2) is 4.79 Å². The lowest BCUT2D eigenvalue weighted by Crippen LogP contribution is -2.41. The number of benzene rings is 1. The van der Waals surface area contributed by atoms with E-state index in [0.717, 1.165) is 5.69 Å². The minimum atomic E-state index is -0.931. The number of amides is 2. The first-order chi connectivity index (χ1) is 14.7. The molecule has 2 aromatic rings. The van der Waals surface area contributed by atoms with Crippen molar-refractivity contribution in [3.05, 3.63) is 61.5 Å². The third-order valence-corrected chi connectivity index (χ3v) is 5.70. The van der Waals surface area contributed by atoms with Gasteiger partial charge in [0.15, 0.2) is 5.43 Å². The molecule has 3 rings (SSSR count). The van der Waals surface area contributed by atoms with E-state index in [4.69, 9.17) is 21.4 Å². The Bertz CT molecular complexity index is 1060. The Kier molecular flexibility index (Phi) is 6.90. The quantitative estimate of drug-likeness (QED) is 0.650. The van der Waals surface area contributed by atoms with Gasteiger partial charge >= 0.3 is 6.09 Å². The van der Waals surface area contributed by atoms with Gasteiger partial charge in [-0.15, -0.1) is 0 Å². The van der Waals surface area contributed by atoms with Gasteiger partial charge in [0.1, 0.15) is 11.9 Å². The van der Waals surface area contributed by atoms with E-state index >= 15 is 0 Å². The molecule has 3 N–H and O–H groups in total. The topological polar surface area (TPSA) is 112 Å². The summed E-state index contributed by atoms with van der Waals surface area (Å²) >= 11 is 6.23. The molecule has 0 unspecified atom stereocenters. The molecule has 9 heteroatoms. The first kappa shape index (κ1) is 22.7. The maximum absolute atomic E-state index is 12.8. The lowest BCUT2D eigenvalue weighted by atomic mass is 10.1. The van der Waals surface area contributed by atoms with Crippen LogP contribution in [-0.4, -0.2) is 46.2 Å². The Balaban J connectivity index is 1.72. The molecule has 8 nitrogen and oxygen atoms in total. The van der Waals surface area contributed by atoms with Crippen molar-refractivity contribution in [2.24, 2.45) is 0 Å². The third kappa shape index (κ3) is 5.38. The van der Waals surface area contributed by atoms with E-state index in [1.54, 1.807) is 32.9 Å². The van der Waals surface area contributed by atoms with Crippen molar-refractivity contribution >= 4 is 23.6 Å². The fourth-order valence-corrected chi connectivity index (χ4v) is 3.92. The van der Waals surface area contributed by atoms with Crippen molar-refractivity contribution in [1.82, 2.24) is 15.2 Å². The fourth-order valence-electron chi connectivity index (χ4n) is 3.72. The van der Waals surface area contributed by atoms with E-state index < -0.39 is 6.09 Å². The predicted molar refractivity (Wildman–Crippen MR) is 117 cm³/mol. The zero-order chi connectivity index (χ0) is 22.7. The summed E-state index contributed by atoms with van der Waals surface area (Å²) in [6.07, 6.45) is 0.0429. The highest BCUT2D eigenvalue weighted by Crippen LogP contribution is 2.29. The van der Waals surface area contributed by atoms with Crippen LogP contribution in [0.2, 0.25) is 5.02 Å². The molecule has 1 saturated heterocycles. The average Bonchev–Trinajstić information content (AvgIpc) is 2.69.